The Labute approximate surface area is 185 Å². The van der Waals surface area contributed by atoms with Crippen LogP contribution in [0.2, 0.25) is 0 Å². The summed E-state index contributed by atoms with van der Waals surface area (Å²) in [6, 6.07) is 12.8. The standard InChI is InChI=1S/C24H27N3O3S/c1-14-7-9-18-16(11-14)17-12-15(8-10-19(17)31-18)24(5)13-20(28)27(6)21(26-24)25-22(29)30-23(2,3)4/h7-12H,13H2,1-6H3,(H,25,26,29)/t24-/m0/s1. The lowest BCUT2D eigenvalue weighted by molar-refractivity contribution is -0.129. The predicted molar refractivity (Wildman–Crippen MR) is 126 cm³/mol. The maximum Gasteiger partial charge on any atom is 0.437 e. The van der Waals surface area contributed by atoms with Gasteiger partial charge in [-0.2, -0.15) is 0 Å². The molecular weight excluding hydrogens is 410 g/mol. The van der Waals surface area contributed by atoms with E-state index < -0.39 is 17.2 Å². The second-order valence-corrected chi connectivity index (χ2v) is 10.4. The average Bonchev–Trinajstić information content (AvgIpc) is 3.01. The van der Waals surface area contributed by atoms with E-state index in [-0.39, 0.29) is 18.3 Å². The van der Waals surface area contributed by atoms with Crippen molar-refractivity contribution in [1.82, 2.24) is 10.2 Å². The lowest BCUT2D eigenvalue weighted by atomic mass is 9.86. The van der Waals surface area contributed by atoms with Gasteiger partial charge in [0.2, 0.25) is 11.9 Å². The molecule has 2 heterocycles. The van der Waals surface area contributed by atoms with Gasteiger partial charge in [0.05, 0.1) is 12.0 Å². The average molecular weight is 438 g/mol. The molecule has 1 aliphatic heterocycles. The van der Waals surface area contributed by atoms with E-state index in [0.717, 1.165) is 5.56 Å². The zero-order valence-electron chi connectivity index (χ0n) is 18.7. The molecule has 7 heteroatoms. The SMILES string of the molecule is Cc1ccc2sc3ccc([C@]4(C)CC(=O)N(C)/C(=N\C(=O)OC(C)(C)C)N4)cc3c2c1. The Morgan fingerprint density at radius 1 is 1.16 bits per heavy atom. The summed E-state index contributed by atoms with van der Waals surface area (Å²) in [6.07, 6.45) is -0.475. The van der Waals surface area contributed by atoms with Gasteiger partial charge in [-0.1, -0.05) is 17.7 Å². The van der Waals surface area contributed by atoms with Gasteiger partial charge in [0.1, 0.15) is 5.60 Å². The molecule has 2 amide bonds. The number of guanidine groups is 1. The number of rotatable bonds is 1. The summed E-state index contributed by atoms with van der Waals surface area (Å²) >= 11 is 1.76. The Morgan fingerprint density at radius 2 is 1.81 bits per heavy atom. The molecule has 1 atom stereocenters. The lowest BCUT2D eigenvalue weighted by Gasteiger charge is -2.40. The van der Waals surface area contributed by atoms with Crippen LogP contribution >= 0.6 is 11.3 Å². The van der Waals surface area contributed by atoms with Gasteiger partial charge in [0.25, 0.3) is 0 Å². The van der Waals surface area contributed by atoms with Gasteiger partial charge in [-0.05, 0) is 64.4 Å². The maximum absolute atomic E-state index is 12.8. The first-order valence-corrected chi connectivity index (χ1v) is 11.1. The number of benzene rings is 2. The molecule has 1 N–H and O–H groups in total. The monoisotopic (exact) mass is 437 g/mol. The van der Waals surface area contributed by atoms with Crippen LogP contribution in [0.15, 0.2) is 41.4 Å². The van der Waals surface area contributed by atoms with Crippen LogP contribution in [0.4, 0.5) is 4.79 Å². The summed E-state index contributed by atoms with van der Waals surface area (Å²) in [7, 11) is 1.61. The van der Waals surface area contributed by atoms with Crippen molar-refractivity contribution in [3.05, 3.63) is 47.5 Å². The van der Waals surface area contributed by atoms with Crippen molar-refractivity contribution in [2.24, 2.45) is 4.99 Å². The molecule has 0 unspecified atom stereocenters. The summed E-state index contributed by atoms with van der Waals surface area (Å²) in [4.78, 5) is 30.5. The first-order valence-electron chi connectivity index (χ1n) is 10.2. The maximum atomic E-state index is 12.8. The summed E-state index contributed by atoms with van der Waals surface area (Å²) in [5, 5.41) is 5.70. The molecule has 2 aromatic carbocycles. The van der Waals surface area contributed by atoms with Gasteiger partial charge in [-0.15, -0.1) is 16.3 Å². The highest BCUT2D eigenvalue weighted by Gasteiger charge is 2.39. The minimum absolute atomic E-state index is 0.116. The number of ether oxygens (including phenoxy) is 1. The van der Waals surface area contributed by atoms with Crippen molar-refractivity contribution in [3.8, 4) is 0 Å². The molecular formula is C24H27N3O3S. The molecule has 1 aliphatic rings. The van der Waals surface area contributed by atoms with E-state index in [1.807, 2.05) is 13.0 Å². The van der Waals surface area contributed by atoms with E-state index in [9.17, 15) is 9.59 Å². The Morgan fingerprint density at radius 3 is 2.48 bits per heavy atom. The number of fused-ring (bicyclic) bond motifs is 3. The number of aliphatic imine (C=N–C) groups is 1. The van der Waals surface area contributed by atoms with Crippen molar-refractivity contribution in [3.63, 3.8) is 0 Å². The van der Waals surface area contributed by atoms with Gasteiger partial charge >= 0.3 is 6.09 Å². The molecule has 0 bridgehead atoms. The summed E-state index contributed by atoms with van der Waals surface area (Å²) < 4.78 is 7.74. The second-order valence-electron chi connectivity index (χ2n) is 9.32. The predicted octanol–water partition coefficient (Wildman–Crippen LogP) is 5.32. The fourth-order valence-corrected chi connectivity index (χ4v) is 4.86. The fourth-order valence-electron chi connectivity index (χ4n) is 3.80. The zero-order chi connectivity index (χ0) is 22.6. The van der Waals surface area contributed by atoms with E-state index in [2.05, 4.69) is 47.6 Å². The van der Waals surface area contributed by atoms with E-state index >= 15 is 0 Å². The van der Waals surface area contributed by atoms with E-state index in [0.29, 0.717) is 0 Å². The number of nitrogens with zero attached hydrogens (tertiary/aromatic N) is 2. The van der Waals surface area contributed by atoms with Crippen LogP contribution in [-0.4, -0.2) is 35.5 Å². The molecule has 0 spiro atoms. The first kappa shape index (κ1) is 21.3. The summed E-state index contributed by atoms with van der Waals surface area (Å²) in [6.45, 7) is 9.38. The van der Waals surface area contributed by atoms with E-state index in [1.165, 1.54) is 30.6 Å². The zero-order valence-corrected chi connectivity index (χ0v) is 19.5. The topological polar surface area (TPSA) is 71.0 Å². The van der Waals surface area contributed by atoms with Crippen LogP contribution in [0.5, 0.6) is 0 Å². The molecule has 1 saturated heterocycles. The number of hydrogen-bond donors (Lipinski definition) is 1. The first-order chi connectivity index (χ1) is 14.4. The summed E-state index contributed by atoms with van der Waals surface area (Å²) in [5.41, 5.74) is 0.824. The Hall–Kier alpha value is -2.93. The molecule has 162 valence electrons. The lowest BCUT2D eigenvalue weighted by Crippen LogP contribution is -2.58. The van der Waals surface area contributed by atoms with Crippen molar-refractivity contribution in [2.75, 3.05) is 7.05 Å². The van der Waals surface area contributed by atoms with Crippen LogP contribution in [0.1, 0.15) is 45.2 Å². The highest BCUT2D eigenvalue weighted by molar-refractivity contribution is 7.25. The molecule has 4 rings (SSSR count). The molecule has 6 nitrogen and oxygen atoms in total. The third-order valence-electron chi connectivity index (χ3n) is 5.44. The highest BCUT2D eigenvalue weighted by Crippen LogP contribution is 2.38. The molecule has 0 aliphatic carbocycles. The molecule has 1 aromatic heterocycles. The van der Waals surface area contributed by atoms with Gasteiger partial charge in [-0.25, -0.2) is 4.79 Å². The van der Waals surface area contributed by atoms with Crippen molar-refractivity contribution < 1.29 is 14.3 Å². The number of thiophene rings is 1. The van der Waals surface area contributed by atoms with Crippen LogP contribution in [0, 0.1) is 6.92 Å². The van der Waals surface area contributed by atoms with E-state index in [1.54, 1.807) is 39.2 Å². The fraction of sp³-hybridized carbons (Fsp3) is 0.375. The normalized spacial score (nSPS) is 21.0. The van der Waals surface area contributed by atoms with Gasteiger partial charge in [0, 0.05) is 27.2 Å². The van der Waals surface area contributed by atoms with Gasteiger partial charge in [0.15, 0.2) is 0 Å². The number of hydrogen-bond acceptors (Lipinski definition) is 4. The van der Waals surface area contributed by atoms with E-state index in [4.69, 9.17) is 4.74 Å². The number of carbonyl (C=O) groups is 2. The van der Waals surface area contributed by atoms with Crippen molar-refractivity contribution in [1.29, 1.82) is 0 Å². The van der Waals surface area contributed by atoms with Crippen LogP contribution in [-0.2, 0) is 15.1 Å². The van der Waals surface area contributed by atoms with Gasteiger partial charge < -0.3 is 10.1 Å². The molecule has 0 radical (unpaired) electrons. The molecule has 0 saturated carbocycles. The van der Waals surface area contributed by atoms with Crippen molar-refractivity contribution >= 4 is 49.5 Å². The molecule has 3 aromatic rings. The third-order valence-corrected chi connectivity index (χ3v) is 6.59. The largest absolute Gasteiger partial charge is 0.442 e. The van der Waals surface area contributed by atoms with Crippen LogP contribution < -0.4 is 5.32 Å². The number of carbonyl (C=O) groups excluding carboxylic acids is 2. The number of amides is 2. The molecule has 31 heavy (non-hydrogen) atoms. The summed E-state index contributed by atoms with van der Waals surface area (Å²) in [5.74, 6) is 0.0776. The Balaban J connectivity index is 1.74. The molecule has 1 fully saturated rings. The quantitative estimate of drug-likeness (QED) is 0.559. The minimum Gasteiger partial charge on any atom is -0.442 e. The smallest absolute Gasteiger partial charge is 0.437 e. The second kappa shape index (κ2) is 7.34. The van der Waals surface area contributed by atoms with Crippen molar-refractivity contribution in [2.45, 2.75) is 52.2 Å². The Kier molecular flexibility index (Phi) is 5.04. The van der Waals surface area contributed by atoms with Gasteiger partial charge in [-0.3, -0.25) is 9.69 Å². The minimum atomic E-state index is -0.728. The Bertz CT molecular complexity index is 1240. The highest BCUT2D eigenvalue weighted by atomic mass is 32.1. The third kappa shape index (κ3) is 4.14. The van der Waals surface area contributed by atoms with Crippen LogP contribution in [0.25, 0.3) is 20.2 Å². The number of aryl methyl sites for hydroxylation is 1. The van der Waals surface area contributed by atoms with Crippen LogP contribution in [0.3, 0.4) is 0 Å². The number of nitrogens with one attached hydrogen (secondary N) is 1.